The van der Waals surface area contributed by atoms with Crippen LogP contribution in [0.3, 0.4) is 0 Å². The molecule has 0 aliphatic rings. The molecule has 4 heteroatoms. The zero-order valence-electron chi connectivity index (χ0n) is 4.94. The van der Waals surface area contributed by atoms with E-state index in [-0.39, 0.29) is 0 Å². The SMILES string of the molecule is Nc1cc(S)c(Cl)c(Cl)c1. The van der Waals surface area contributed by atoms with Crippen LogP contribution in [0.4, 0.5) is 5.69 Å². The fraction of sp³-hybridized carbons (Fsp3) is 0. The normalized spacial score (nSPS) is 9.90. The molecule has 1 rings (SSSR count). The van der Waals surface area contributed by atoms with Crippen LogP contribution in [-0.4, -0.2) is 0 Å². The summed E-state index contributed by atoms with van der Waals surface area (Å²) in [5.41, 5.74) is 6.01. The monoisotopic (exact) mass is 193 g/mol. The second kappa shape index (κ2) is 2.91. The second-order valence-electron chi connectivity index (χ2n) is 1.84. The van der Waals surface area contributed by atoms with Crippen LogP contribution in [0.1, 0.15) is 0 Å². The van der Waals surface area contributed by atoms with Gasteiger partial charge in [-0.3, -0.25) is 0 Å². The standard InChI is InChI=1S/C6H5Cl2NS/c7-4-1-3(9)2-5(10)6(4)8/h1-2,10H,9H2. The van der Waals surface area contributed by atoms with E-state index in [1.54, 1.807) is 12.1 Å². The Morgan fingerprint density at radius 2 is 1.90 bits per heavy atom. The number of rotatable bonds is 0. The lowest BCUT2D eigenvalue weighted by atomic mass is 10.3. The number of nitrogen functional groups attached to an aromatic ring is 1. The Morgan fingerprint density at radius 3 is 2.40 bits per heavy atom. The Labute approximate surface area is 74.5 Å². The van der Waals surface area contributed by atoms with Gasteiger partial charge in [0.2, 0.25) is 0 Å². The number of hydrogen-bond acceptors (Lipinski definition) is 2. The van der Waals surface area contributed by atoms with Gasteiger partial charge in [-0.1, -0.05) is 23.2 Å². The Bertz CT molecular complexity index is 239. The van der Waals surface area contributed by atoms with Gasteiger partial charge in [0, 0.05) is 10.6 Å². The molecule has 0 radical (unpaired) electrons. The molecule has 0 spiro atoms. The van der Waals surface area contributed by atoms with Crippen LogP contribution in [-0.2, 0) is 0 Å². The zero-order chi connectivity index (χ0) is 7.72. The van der Waals surface area contributed by atoms with Crippen molar-refractivity contribution in [3.05, 3.63) is 22.2 Å². The van der Waals surface area contributed by atoms with Gasteiger partial charge < -0.3 is 5.73 Å². The lowest BCUT2D eigenvalue weighted by molar-refractivity contribution is 1.48. The van der Waals surface area contributed by atoms with Crippen LogP contribution in [0.25, 0.3) is 0 Å². The Morgan fingerprint density at radius 1 is 1.30 bits per heavy atom. The summed E-state index contributed by atoms with van der Waals surface area (Å²) in [6.45, 7) is 0. The Hall–Kier alpha value is -0.0500. The lowest BCUT2D eigenvalue weighted by Crippen LogP contribution is -1.84. The van der Waals surface area contributed by atoms with E-state index in [4.69, 9.17) is 28.9 Å². The molecular formula is C6H5Cl2NS. The first kappa shape index (κ1) is 8.05. The third-order valence-corrected chi connectivity index (χ3v) is 2.32. The topological polar surface area (TPSA) is 26.0 Å². The quantitative estimate of drug-likeness (QED) is 0.482. The predicted molar refractivity (Wildman–Crippen MR) is 48.1 cm³/mol. The first-order valence-electron chi connectivity index (χ1n) is 2.54. The predicted octanol–water partition coefficient (Wildman–Crippen LogP) is 2.86. The molecule has 0 aromatic heterocycles. The van der Waals surface area contributed by atoms with Gasteiger partial charge in [-0.25, -0.2) is 0 Å². The van der Waals surface area contributed by atoms with Crippen molar-refractivity contribution in [1.29, 1.82) is 0 Å². The molecule has 2 N–H and O–H groups in total. The molecule has 1 nitrogen and oxygen atoms in total. The van der Waals surface area contributed by atoms with E-state index in [2.05, 4.69) is 12.6 Å². The maximum Gasteiger partial charge on any atom is 0.0727 e. The lowest BCUT2D eigenvalue weighted by Gasteiger charge is -2.00. The van der Waals surface area contributed by atoms with E-state index >= 15 is 0 Å². The van der Waals surface area contributed by atoms with Crippen molar-refractivity contribution in [3.63, 3.8) is 0 Å². The highest BCUT2D eigenvalue weighted by Crippen LogP contribution is 2.30. The van der Waals surface area contributed by atoms with Gasteiger partial charge >= 0.3 is 0 Å². The smallest absolute Gasteiger partial charge is 0.0727 e. The summed E-state index contributed by atoms with van der Waals surface area (Å²) >= 11 is 15.4. The van der Waals surface area contributed by atoms with E-state index in [9.17, 15) is 0 Å². The summed E-state index contributed by atoms with van der Waals surface area (Å²) in [5, 5.41) is 0.880. The summed E-state index contributed by atoms with van der Waals surface area (Å²) in [6, 6.07) is 3.24. The molecule has 1 aromatic carbocycles. The average Bonchev–Trinajstić information content (AvgIpc) is 1.82. The highest BCUT2D eigenvalue weighted by Gasteiger charge is 2.01. The highest BCUT2D eigenvalue weighted by atomic mass is 35.5. The van der Waals surface area contributed by atoms with Gasteiger partial charge in [0.1, 0.15) is 0 Å². The van der Waals surface area contributed by atoms with Crippen molar-refractivity contribution in [2.45, 2.75) is 4.90 Å². The van der Waals surface area contributed by atoms with Crippen LogP contribution in [0.5, 0.6) is 0 Å². The van der Waals surface area contributed by atoms with E-state index < -0.39 is 0 Å². The molecule has 10 heavy (non-hydrogen) atoms. The summed E-state index contributed by atoms with van der Waals surface area (Å²) in [6.07, 6.45) is 0. The summed E-state index contributed by atoms with van der Waals surface area (Å²) in [7, 11) is 0. The summed E-state index contributed by atoms with van der Waals surface area (Å²) in [4.78, 5) is 0.603. The van der Waals surface area contributed by atoms with Gasteiger partial charge in [-0.2, -0.15) is 0 Å². The van der Waals surface area contributed by atoms with Crippen molar-refractivity contribution in [2.24, 2.45) is 0 Å². The van der Waals surface area contributed by atoms with Crippen molar-refractivity contribution in [3.8, 4) is 0 Å². The van der Waals surface area contributed by atoms with Crippen LogP contribution in [0, 0.1) is 0 Å². The van der Waals surface area contributed by atoms with E-state index in [1.807, 2.05) is 0 Å². The van der Waals surface area contributed by atoms with Gasteiger partial charge in [0.25, 0.3) is 0 Å². The highest BCUT2D eigenvalue weighted by molar-refractivity contribution is 7.80. The average molecular weight is 194 g/mol. The van der Waals surface area contributed by atoms with E-state index in [0.29, 0.717) is 20.6 Å². The maximum absolute atomic E-state index is 5.69. The van der Waals surface area contributed by atoms with Crippen molar-refractivity contribution in [2.75, 3.05) is 5.73 Å². The van der Waals surface area contributed by atoms with Gasteiger partial charge in [-0.05, 0) is 12.1 Å². The molecule has 0 atom stereocenters. The molecule has 1 aromatic rings. The Kier molecular flexibility index (Phi) is 2.34. The second-order valence-corrected chi connectivity index (χ2v) is 3.10. The van der Waals surface area contributed by atoms with E-state index in [1.165, 1.54) is 0 Å². The molecule has 54 valence electrons. The molecule has 0 unspecified atom stereocenters. The molecule has 0 heterocycles. The fourth-order valence-corrected chi connectivity index (χ4v) is 1.27. The minimum Gasteiger partial charge on any atom is -0.399 e. The zero-order valence-corrected chi connectivity index (χ0v) is 7.34. The molecule has 0 aliphatic carbocycles. The van der Waals surface area contributed by atoms with Gasteiger partial charge in [0.05, 0.1) is 10.0 Å². The minimum absolute atomic E-state index is 0.437. The largest absolute Gasteiger partial charge is 0.399 e. The molecule has 0 amide bonds. The summed E-state index contributed by atoms with van der Waals surface area (Å²) in [5.74, 6) is 0. The maximum atomic E-state index is 5.69. The molecule has 0 bridgehead atoms. The van der Waals surface area contributed by atoms with Crippen LogP contribution in [0.15, 0.2) is 17.0 Å². The van der Waals surface area contributed by atoms with Crippen molar-refractivity contribution in [1.82, 2.24) is 0 Å². The van der Waals surface area contributed by atoms with Crippen LogP contribution < -0.4 is 5.73 Å². The number of benzene rings is 1. The molecule has 0 aliphatic heterocycles. The first-order valence-corrected chi connectivity index (χ1v) is 3.75. The third-order valence-electron chi connectivity index (χ3n) is 1.03. The molecule has 0 saturated heterocycles. The van der Waals surface area contributed by atoms with Gasteiger partial charge in [-0.15, -0.1) is 12.6 Å². The van der Waals surface area contributed by atoms with Crippen LogP contribution >= 0.6 is 35.8 Å². The van der Waals surface area contributed by atoms with Crippen molar-refractivity contribution >= 4 is 41.5 Å². The molecule has 0 saturated carbocycles. The Balaban J connectivity index is 3.31. The fourth-order valence-electron chi connectivity index (χ4n) is 0.595. The molecular weight excluding hydrogens is 189 g/mol. The van der Waals surface area contributed by atoms with Crippen molar-refractivity contribution < 1.29 is 0 Å². The third kappa shape index (κ3) is 1.51. The number of thiol groups is 1. The minimum atomic E-state index is 0.437. The van der Waals surface area contributed by atoms with Gasteiger partial charge in [0.15, 0.2) is 0 Å². The number of hydrogen-bond donors (Lipinski definition) is 2. The number of halogens is 2. The number of anilines is 1. The first-order chi connectivity index (χ1) is 4.61. The van der Waals surface area contributed by atoms with Crippen LogP contribution in [0.2, 0.25) is 10.0 Å². The van der Waals surface area contributed by atoms with E-state index in [0.717, 1.165) is 0 Å². The number of nitrogens with two attached hydrogens (primary N) is 1. The molecule has 0 fully saturated rings. The summed E-state index contributed by atoms with van der Waals surface area (Å²) < 4.78 is 0.